The predicted octanol–water partition coefficient (Wildman–Crippen LogP) is 2.27. The highest BCUT2D eigenvalue weighted by Gasteiger charge is 2.39. The first kappa shape index (κ1) is 14.0. The largest absolute Gasteiger partial charge is 0.497 e. The molecule has 0 aromatic heterocycles. The molecule has 1 aromatic rings. The van der Waals surface area contributed by atoms with Gasteiger partial charge in [-0.3, -0.25) is 0 Å². The van der Waals surface area contributed by atoms with Crippen molar-refractivity contribution in [2.24, 2.45) is 11.7 Å². The minimum atomic E-state index is 0.0870. The Morgan fingerprint density at radius 3 is 2.58 bits per heavy atom. The van der Waals surface area contributed by atoms with Crippen LogP contribution in [0, 0.1) is 5.92 Å². The molecule has 2 N–H and O–H groups in total. The summed E-state index contributed by atoms with van der Waals surface area (Å²) in [5.74, 6) is 2.26. The number of ether oxygens (including phenoxy) is 2. The van der Waals surface area contributed by atoms with Crippen LogP contribution in [0.5, 0.6) is 11.5 Å². The molecule has 1 atom stereocenters. The molecule has 1 unspecified atom stereocenters. The van der Waals surface area contributed by atoms with Crippen molar-refractivity contribution in [3.63, 3.8) is 0 Å². The predicted molar refractivity (Wildman–Crippen MR) is 78.1 cm³/mol. The van der Waals surface area contributed by atoms with Crippen molar-refractivity contribution >= 4 is 5.69 Å². The first-order chi connectivity index (χ1) is 9.01. The van der Waals surface area contributed by atoms with Crippen LogP contribution in [0.2, 0.25) is 0 Å². The maximum Gasteiger partial charge on any atom is 0.142 e. The fourth-order valence-corrected chi connectivity index (χ4v) is 2.98. The molecule has 0 saturated carbocycles. The number of nitrogens with two attached hydrogens (primary N) is 1. The summed E-state index contributed by atoms with van der Waals surface area (Å²) in [6.45, 7) is 6.20. The Morgan fingerprint density at radius 2 is 2.05 bits per heavy atom. The molecule has 19 heavy (non-hydrogen) atoms. The van der Waals surface area contributed by atoms with Gasteiger partial charge in [0.1, 0.15) is 11.5 Å². The van der Waals surface area contributed by atoms with Crippen molar-refractivity contribution in [2.45, 2.75) is 25.8 Å². The quantitative estimate of drug-likeness (QED) is 0.906. The van der Waals surface area contributed by atoms with Crippen LogP contribution in [0.25, 0.3) is 0 Å². The summed E-state index contributed by atoms with van der Waals surface area (Å²) >= 11 is 0. The lowest BCUT2D eigenvalue weighted by atomic mass is 9.96. The topological polar surface area (TPSA) is 47.7 Å². The summed E-state index contributed by atoms with van der Waals surface area (Å²) in [6.07, 6.45) is 1.10. The molecule has 1 saturated heterocycles. The van der Waals surface area contributed by atoms with Gasteiger partial charge >= 0.3 is 0 Å². The summed E-state index contributed by atoms with van der Waals surface area (Å²) < 4.78 is 10.8. The fourth-order valence-electron chi connectivity index (χ4n) is 2.98. The highest BCUT2D eigenvalue weighted by molar-refractivity contribution is 5.63. The molecule has 1 aliphatic heterocycles. The Kier molecular flexibility index (Phi) is 3.90. The Hall–Kier alpha value is -1.42. The van der Waals surface area contributed by atoms with Gasteiger partial charge in [-0.2, -0.15) is 0 Å². The summed E-state index contributed by atoms with van der Waals surface area (Å²) in [7, 11) is 3.39. The number of benzene rings is 1. The minimum Gasteiger partial charge on any atom is -0.497 e. The van der Waals surface area contributed by atoms with Gasteiger partial charge in [-0.05, 0) is 44.9 Å². The zero-order valence-electron chi connectivity index (χ0n) is 12.3. The first-order valence-corrected chi connectivity index (χ1v) is 6.71. The van der Waals surface area contributed by atoms with Gasteiger partial charge in [0.25, 0.3) is 0 Å². The minimum absolute atomic E-state index is 0.0870. The van der Waals surface area contributed by atoms with Crippen molar-refractivity contribution in [3.05, 3.63) is 18.2 Å². The van der Waals surface area contributed by atoms with Gasteiger partial charge in [0, 0.05) is 18.2 Å². The molecule has 0 amide bonds. The molecule has 1 fully saturated rings. The highest BCUT2D eigenvalue weighted by atomic mass is 16.5. The monoisotopic (exact) mass is 264 g/mol. The van der Waals surface area contributed by atoms with E-state index in [1.807, 2.05) is 18.2 Å². The van der Waals surface area contributed by atoms with E-state index >= 15 is 0 Å². The second-order valence-corrected chi connectivity index (χ2v) is 5.77. The zero-order chi connectivity index (χ0) is 14.0. The average molecular weight is 264 g/mol. The average Bonchev–Trinajstić information content (AvgIpc) is 2.73. The van der Waals surface area contributed by atoms with Crippen LogP contribution in [0.15, 0.2) is 18.2 Å². The van der Waals surface area contributed by atoms with Crippen molar-refractivity contribution in [2.75, 3.05) is 32.2 Å². The third kappa shape index (κ3) is 2.63. The van der Waals surface area contributed by atoms with Crippen LogP contribution in [-0.2, 0) is 0 Å². The van der Waals surface area contributed by atoms with Gasteiger partial charge in [-0.15, -0.1) is 0 Å². The van der Waals surface area contributed by atoms with E-state index in [1.54, 1.807) is 14.2 Å². The lowest BCUT2D eigenvalue weighted by Gasteiger charge is -2.34. The second-order valence-electron chi connectivity index (χ2n) is 5.77. The van der Waals surface area contributed by atoms with E-state index < -0.39 is 0 Å². The van der Waals surface area contributed by atoms with Crippen LogP contribution in [0.4, 0.5) is 5.69 Å². The molecule has 2 rings (SSSR count). The van der Waals surface area contributed by atoms with Gasteiger partial charge in [-0.1, -0.05) is 0 Å². The van der Waals surface area contributed by atoms with E-state index in [9.17, 15) is 0 Å². The molecule has 0 spiro atoms. The maximum atomic E-state index is 5.84. The number of nitrogens with zero attached hydrogens (tertiary/aromatic N) is 1. The molecule has 106 valence electrons. The van der Waals surface area contributed by atoms with Gasteiger partial charge in [0.05, 0.1) is 19.9 Å². The Morgan fingerprint density at radius 1 is 1.32 bits per heavy atom. The van der Waals surface area contributed by atoms with Gasteiger partial charge in [0.2, 0.25) is 0 Å². The lowest BCUT2D eigenvalue weighted by molar-refractivity contribution is 0.399. The number of methoxy groups -OCH3 is 2. The van der Waals surface area contributed by atoms with E-state index in [1.165, 1.54) is 0 Å². The van der Waals surface area contributed by atoms with Crippen molar-refractivity contribution in [1.82, 2.24) is 0 Å². The van der Waals surface area contributed by atoms with Crippen LogP contribution >= 0.6 is 0 Å². The third-order valence-corrected chi connectivity index (χ3v) is 3.97. The fraction of sp³-hybridized carbons (Fsp3) is 0.600. The molecule has 0 radical (unpaired) electrons. The number of anilines is 1. The van der Waals surface area contributed by atoms with E-state index in [0.29, 0.717) is 5.92 Å². The molecular weight excluding hydrogens is 240 g/mol. The standard InChI is InChI=1S/C15H24N2O2/c1-15(2)8-11(9-16)10-17(15)13-7-12(18-3)5-6-14(13)19-4/h5-7,11H,8-10,16H2,1-4H3. The van der Waals surface area contributed by atoms with Gasteiger partial charge in [0.15, 0.2) is 0 Å². The SMILES string of the molecule is COc1ccc(OC)c(N2CC(CN)CC2(C)C)c1. The van der Waals surface area contributed by atoms with Crippen LogP contribution in [0.3, 0.4) is 0 Å². The first-order valence-electron chi connectivity index (χ1n) is 6.71. The molecule has 1 heterocycles. The Bertz CT molecular complexity index is 446. The smallest absolute Gasteiger partial charge is 0.142 e. The van der Waals surface area contributed by atoms with Gasteiger partial charge in [-0.25, -0.2) is 0 Å². The normalized spacial score (nSPS) is 21.5. The Labute approximate surface area is 115 Å². The number of rotatable bonds is 4. The van der Waals surface area contributed by atoms with E-state index in [0.717, 1.165) is 36.7 Å². The van der Waals surface area contributed by atoms with Crippen LogP contribution in [0.1, 0.15) is 20.3 Å². The molecule has 1 aliphatic rings. The van der Waals surface area contributed by atoms with Crippen molar-refractivity contribution < 1.29 is 9.47 Å². The summed E-state index contributed by atoms with van der Waals surface area (Å²) in [6, 6.07) is 5.92. The number of hydrogen-bond donors (Lipinski definition) is 1. The van der Waals surface area contributed by atoms with E-state index in [4.69, 9.17) is 15.2 Å². The molecule has 0 bridgehead atoms. The second kappa shape index (κ2) is 5.29. The van der Waals surface area contributed by atoms with E-state index in [2.05, 4.69) is 18.7 Å². The molecular formula is C15H24N2O2. The molecule has 4 heteroatoms. The van der Waals surface area contributed by atoms with Crippen molar-refractivity contribution in [1.29, 1.82) is 0 Å². The van der Waals surface area contributed by atoms with Crippen LogP contribution in [-0.4, -0.2) is 32.8 Å². The Balaban J connectivity index is 2.39. The number of hydrogen-bond acceptors (Lipinski definition) is 4. The molecule has 1 aromatic carbocycles. The summed E-state index contributed by atoms with van der Waals surface area (Å²) in [4.78, 5) is 2.38. The zero-order valence-corrected chi connectivity index (χ0v) is 12.3. The van der Waals surface area contributed by atoms with Crippen LogP contribution < -0.4 is 20.1 Å². The summed E-state index contributed by atoms with van der Waals surface area (Å²) in [5.41, 5.74) is 7.01. The molecule has 4 nitrogen and oxygen atoms in total. The van der Waals surface area contributed by atoms with Crippen molar-refractivity contribution in [3.8, 4) is 11.5 Å². The van der Waals surface area contributed by atoms with E-state index in [-0.39, 0.29) is 5.54 Å². The lowest BCUT2D eigenvalue weighted by Crippen LogP contribution is -2.38. The summed E-state index contributed by atoms with van der Waals surface area (Å²) in [5, 5.41) is 0. The molecule has 0 aliphatic carbocycles. The maximum absolute atomic E-state index is 5.84. The van der Waals surface area contributed by atoms with Gasteiger partial charge < -0.3 is 20.1 Å². The third-order valence-electron chi connectivity index (χ3n) is 3.97. The highest BCUT2D eigenvalue weighted by Crippen LogP contribution is 2.42.